The molecule has 0 atom stereocenters. The lowest BCUT2D eigenvalue weighted by Gasteiger charge is -2.34. The van der Waals surface area contributed by atoms with Crippen molar-refractivity contribution in [1.29, 1.82) is 0 Å². The first-order valence-electron chi connectivity index (χ1n) is 16.1. The monoisotopic (exact) mass is 612 g/mol. The van der Waals surface area contributed by atoms with Crippen LogP contribution in [-0.4, -0.2) is 32.3 Å². The van der Waals surface area contributed by atoms with Gasteiger partial charge in [0.1, 0.15) is 11.5 Å². The van der Waals surface area contributed by atoms with E-state index in [4.69, 9.17) is 14.2 Å². The van der Waals surface area contributed by atoms with E-state index in [-0.39, 0.29) is 5.97 Å². The highest BCUT2D eigenvalue weighted by molar-refractivity contribution is 5.97. The maximum Gasteiger partial charge on any atom is 0.340 e. The van der Waals surface area contributed by atoms with E-state index in [0.29, 0.717) is 30.3 Å². The van der Waals surface area contributed by atoms with Crippen LogP contribution in [0.15, 0.2) is 121 Å². The standard InChI is InChI=1S/C40H40N2O4/c1-5-41(29-17-11-9-12-18-29)31-23-25-35(37(27-31)44-7-3)40(34-22-16-15-21-33(34)39(43)46-40)36-26-24-32(28-38(36)45-8-4)42(6-2)30-19-13-10-14-20-30/h9-28H,5-8H2,1-4H3. The van der Waals surface area contributed by atoms with Crippen molar-refractivity contribution >= 4 is 28.7 Å². The number of carbonyl (C=O) groups excluding carboxylic acids is 1. The Kier molecular flexibility index (Phi) is 8.97. The van der Waals surface area contributed by atoms with Gasteiger partial charge in [0, 0.05) is 64.7 Å². The van der Waals surface area contributed by atoms with E-state index in [1.54, 1.807) is 0 Å². The number of esters is 1. The summed E-state index contributed by atoms with van der Waals surface area (Å²) < 4.78 is 19.3. The van der Waals surface area contributed by atoms with Crippen LogP contribution in [0, 0.1) is 0 Å². The number of fused-ring (bicyclic) bond motifs is 1. The van der Waals surface area contributed by atoms with Gasteiger partial charge in [-0.15, -0.1) is 0 Å². The van der Waals surface area contributed by atoms with Crippen LogP contribution in [0.3, 0.4) is 0 Å². The normalized spacial score (nSPS) is 13.1. The molecule has 0 bridgehead atoms. The molecule has 1 aliphatic heterocycles. The number of rotatable bonds is 12. The molecule has 6 nitrogen and oxygen atoms in total. The predicted octanol–water partition coefficient (Wildman–Crippen LogP) is 9.26. The van der Waals surface area contributed by atoms with Gasteiger partial charge >= 0.3 is 5.97 Å². The van der Waals surface area contributed by atoms with E-state index in [1.807, 2.05) is 86.6 Å². The van der Waals surface area contributed by atoms with Gasteiger partial charge in [-0.1, -0.05) is 54.6 Å². The minimum Gasteiger partial charge on any atom is -0.493 e. The molecule has 5 aromatic rings. The quantitative estimate of drug-likeness (QED) is 0.131. The molecule has 6 heteroatoms. The van der Waals surface area contributed by atoms with Crippen molar-refractivity contribution in [3.8, 4) is 11.5 Å². The van der Waals surface area contributed by atoms with Gasteiger partial charge in [-0.2, -0.15) is 0 Å². The molecule has 46 heavy (non-hydrogen) atoms. The summed E-state index contributed by atoms with van der Waals surface area (Å²) >= 11 is 0. The summed E-state index contributed by atoms with van der Waals surface area (Å²) in [5.74, 6) is 0.905. The Balaban J connectivity index is 1.58. The molecule has 0 N–H and O–H groups in total. The second-order valence-corrected chi connectivity index (χ2v) is 11.0. The van der Waals surface area contributed by atoms with E-state index in [0.717, 1.165) is 52.5 Å². The lowest BCUT2D eigenvalue weighted by atomic mass is 9.78. The molecule has 5 aromatic carbocycles. The third kappa shape index (κ3) is 5.45. The van der Waals surface area contributed by atoms with E-state index in [9.17, 15) is 4.79 Å². The lowest BCUT2D eigenvalue weighted by Crippen LogP contribution is -2.31. The van der Waals surface area contributed by atoms with Crippen LogP contribution in [0.5, 0.6) is 11.5 Å². The fourth-order valence-electron chi connectivity index (χ4n) is 6.50. The van der Waals surface area contributed by atoms with E-state index in [1.165, 1.54) is 0 Å². The molecular formula is C40H40N2O4. The van der Waals surface area contributed by atoms with Crippen LogP contribution in [0.1, 0.15) is 54.7 Å². The molecule has 0 spiro atoms. The number of anilines is 4. The van der Waals surface area contributed by atoms with Crippen molar-refractivity contribution in [2.75, 3.05) is 36.1 Å². The Hall–Kier alpha value is -5.23. The third-order valence-electron chi connectivity index (χ3n) is 8.45. The smallest absolute Gasteiger partial charge is 0.340 e. The molecule has 1 heterocycles. The Morgan fingerprint density at radius 3 is 1.46 bits per heavy atom. The number of ether oxygens (including phenoxy) is 3. The van der Waals surface area contributed by atoms with Gasteiger partial charge in [-0.05, 0) is 82.3 Å². The van der Waals surface area contributed by atoms with Gasteiger partial charge in [0.15, 0.2) is 5.60 Å². The van der Waals surface area contributed by atoms with Crippen LogP contribution >= 0.6 is 0 Å². The number of para-hydroxylation sites is 2. The van der Waals surface area contributed by atoms with Crippen molar-refractivity contribution in [2.24, 2.45) is 0 Å². The maximum atomic E-state index is 13.7. The van der Waals surface area contributed by atoms with Crippen LogP contribution < -0.4 is 19.3 Å². The number of nitrogens with zero attached hydrogens (tertiary/aromatic N) is 2. The van der Waals surface area contributed by atoms with E-state index < -0.39 is 5.60 Å². The highest BCUT2D eigenvalue weighted by Crippen LogP contribution is 2.53. The topological polar surface area (TPSA) is 51.2 Å². The SMILES string of the molecule is CCOc1cc(N(CC)c2ccccc2)ccc1C1(c2ccc(N(CC)c3ccccc3)cc2OCC)OC(=O)c2ccccc21. The molecule has 0 amide bonds. The largest absolute Gasteiger partial charge is 0.493 e. The first-order valence-corrected chi connectivity index (χ1v) is 16.1. The molecule has 0 radical (unpaired) electrons. The zero-order valence-corrected chi connectivity index (χ0v) is 26.9. The lowest BCUT2D eigenvalue weighted by molar-refractivity contribution is 0.0236. The van der Waals surface area contributed by atoms with Crippen molar-refractivity contribution in [3.63, 3.8) is 0 Å². The highest BCUT2D eigenvalue weighted by atomic mass is 16.6. The molecule has 6 rings (SSSR count). The number of hydrogen-bond donors (Lipinski definition) is 0. The molecule has 234 valence electrons. The van der Waals surface area contributed by atoms with Crippen molar-refractivity contribution < 1.29 is 19.0 Å². The second kappa shape index (κ2) is 13.4. The number of carbonyl (C=O) groups is 1. The first kappa shape index (κ1) is 30.8. The fourth-order valence-corrected chi connectivity index (χ4v) is 6.50. The van der Waals surface area contributed by atoms with Gasteiger partial charge in [-0.3, -0.25) is 0 Å². The summed E-state index contributed by atoms with van der Waals surface area (Å²) in [4.78, 5) is 18.1. The second-order valence-electron chi connectivity index (χ2n) is 11.0. The summed E-state index contributed by atoms with van der Waals surface area (Å²) in [7, 11) is 0. The van der Waals surface area contributed by atoms with Crippen LogP contribution in [-0.2, 0) is 10.3 Å². The molecule has 0 saturated carbocycles. The molecule has 0 saturated heterocycles. The van der Waals surface area contributed by atoms with Crippen LogP contribution in [0.2, 0.25) is 0 Å². The summed E-state index contributed by atoms with van der Waals surface area (Å²) in [6.45, 7) is 10.6. The van der Waals surface area contributed by atoms with Gasteiger partial charge in [0.2, 0.25) is 0 Å². The fraction of sp³-hybridized carbons (Fsp3) is 0.225. The average molecular weight is 613 g/mol. The minimum absolute atomic E-state index is 0.382. The highest BCUT2D eigenvalue weighted by Gasteiger charge is 2.51. The average Bonchev–Trinajstić information content (AvgIpc) is 3.39. The number of benzene rings is 5. The zero-order valence-electron chi connectivity index (χ0n) is 26.9. The maximum absolute atomic E-state index is 13.7. The van der Waals surface area contributed by atoms with Gasteiger partial charge in [0.05, 0.1) is 18.8 Å². The Labute approximate surface area is 271 Å². The Morgan fingerprint density at radius 1 is 0.543 bits per heavy atom. The Morgan fingerprint density at radius 2 is 1.00 bits per heavy atom. The van der Waals surface area contributed by atoms with Crippen LogP contribution in [0.25, 0.3) is 0 Å². The van der Waals surface area contributed by atoms with Crippen molar-refractivity contribution in [1.82, 2.24) is 0 Å². The Bertz CT molecular complexity index is 1700. The van der Waals surface area contributed by atoms with E-state index in [2.05, 4.69) is 72.2 Å². The van der Waals surface area contributed by atoms with E-state index >= 15 is 0 Å². The van der Waals surface area contributed by atoms with Crippen molar-refractivity contribution in [2.45, 2.75) is 33.3 Å². The van der Waals surface area contributed by atoms with Gasteiger partial charge in [-0.25, -0.2) is 4.79 Å². The zero-order chi connectivity index (χ0) is 32.1. The number of cyclic esters (lactones) is 1. The van der Waals surface area contributed by atoms with Crippen LogP contribution in [0.4, 0.5) is 22.7 Å². The molecular weight excluding hydrogens is 572 g/mol. The first-order chi connectivity index (χ1) is 22.5. The molecule has 0 aromatic heterocycles. The summed E-state index contributed by atoms with van der Waals surface area (Å²) in [6.07, 6.45) is 0. The van der Waals surface area contributed by atoms with Crippen molar-refractivity contribution in [3.05, 3.63) is 144 Å². The van der Waals surface area contributed by atoms with Gasteiger partial charge < -0.3 is 24.0 Å². The minimum atomic E-state index is -1.30. The summed E-state index contributed by atoms with van der Waals surface area (Å²) in [6, 6.07) is 40.5. The predicted molar refractivity (Wildman–Crippen MR) is 185 cm³/mol. The number of hydrogen-bond acceptors (Lipinski definition) is 6. The molecule has 0 unspecified atom stereocenters. The molecule has 0 aliphatic carbocycles. The van der Waals surface area contributed by atoms with Gasteiger partial charge in [0.25, 0.3) is 0 Å². The third-order valence-corrected chi connectivity index (χ3v) is 8.45. The summed E-state index contributed by atoms with van der Waals surface area (Å²) in [5, 5.41) is 0. The molecule has 1 aliphatic rings. The molecule has 0 fully saturated rings. The summed E-state index contributed by atoms with van der Waals surface area (Å²) in [5.41, 5.74) is 5.60.